The van der Waals surface area contributed by atoms with Crippen molar-refractivity contribution in [2.24, 2.45) is 5.73 Å². The molecule has 0 saturated carbocycles. The lowest BCUT2D eigenvalue weighted by atomic mass is 10.1. The maximum atomic E-state index is 13.3. The molecule has 2 aliphatic heterocycles. The number of nitrogens with zero attached hydrogens (tertiary/aromatic N) is 1. The Morgan fingerprint density at radius 3 is 2.56 bits per heavy atom. The minimum Gasteiger partial charge on any atom is -0.354 e. The van der Waals surface area contributed by atoms with Gasteiger partial charge in [0, 0.05) is 37.4 Å². The number of hydrogen-bond acceptors (Lipinski definition) is 7. The van der Waals surface area contributed by atoms with Crippen molar-refractivity contribution >= 4 is 41.2 Å². The number of nitrogens with one attached hydrogen (secondary N) is 2. The van der Waals surface area contributed by atoms with Gasteiger partial charge in [0.15, 0.2) is 0 Å². The van der Waals surface area contributed by atoms with Crippen molar-refractivity contribution in [1.82, 2.24) is 15.7 Å². The fourth-order valence-corrected chi connectivity index (χ4v) is 7.41. The lowest BCUT2D eigenvalue weighted by Crippen LogP contribution is -2.52. The van der Waals surface area contributed by atoms with Gasteiger partial charge in [-0.3, -0.25) is 19.6 Å². The summed E-state index contributed by atoms with van der Waals surface area (Å²) >= 11 is 3.68. The van der Waals surface area contributed by atoms with E-state index in [0.717, 1.165) is 29.9 Å². The van der Waals surface area contributed by atoms with Crippen LogP contribution in [0.25, 0.3) is 0 Å². The molecule has 176 valence electrons. The van der Waals surface area contributed by atoms with Crippen LogP contribution < -0.4 is 16.5 Å². The highest BCUT2D eigenvalue weighted by Gasteiger charge is 2.51. The topological polar surface area (TPSA) is 125 Å². The summed E-state index contributed by atoms with van der Waals surface area (Å²) < 4.78 is -0.123. The van der Waals surface area contributed by atoms with E-state index >= 15 is 0 Å². The summed E-state index contributed by atoms with van der Waals surface area (Å²) in [4.78, 5) is 39.0. The van der Waals surface area contributed by atoms with E-state index in [4.69, 9.17) is 10.9 Å². The highest BCUT2D eigenvalue weighted by atomic mass is 32.2. The van der Waals surface area contributed by atoms with Gasteiger partial charge in [0.05, 0.1) is 10.1 Å². The van der Waals surface area contributed by atoms with E-state index in [1.807, 2.05) is 53.9 Å². The van der Waals surface area contributed by atoms with Crippen LogP contribution in [0.5, 0.6) is 0 Å². The number of carbonyl (C=O) groups is 3. The maximum absolute atomic E-state index is 13.3. The van der Waals surface area contributed by atoms with E-state index < -0.39 is 18.0 Å². The monoisotopic (exact) mass is 480 g/mol. The van der Waals surface area contributed by atoms with Crippen LogP contribution in [0.4, 0.5) is 0 Å². The van der Waals surface area contributed by atoms with Crippen molar-refractivity contribution in [3.8, 4) is 0 Å². The van der Waals surface area contributed by atoms with Crippen LogP contribution in [0.2, 0.25) is 0 Å². The zero-order chi connectivity index (χ0) is 23.0. The lowest BCUT2D eigenvalue weighted by molar-refractivity contribution is -0.139. The van der Waals surface area contributed by atoms with Gasteiger partial charge >= 0.3 is 0 Å². The van der Waals surface area contributed by atoms with Gasteiger partial charge in [0.1, 0.15) is 6.04 Å². The Kier molecular flexibility index (Phi) is 9.27. The van der Waals surface area contributed by atoms with Gasteiger partial charge in [0.2, 0.25) is 17.7 Å². The van der Waals surface area contributed by atoms with Crippen LogP contribution in [0.3, 0.4) is 0 Å². The second-order valence-electron chi connectivity index (χ2n) is 8.23. The molecule has 0 aliphatic carbocycles. The molecular formula is C22H32N4O4S2. The molecule has 1 aromatic carbocycles. The second kappa shape index (κ2) is 11.9. The Morgan fingerprint density at radius 1 is 1.16 bits per heavy atom. The van der Waals surface area contributed by atoms with E-state index in [1.54, 1.807) is 10.4 Å². The summed E-state index contributed by atoms with van der Waals surface area (Å²) in [5.41, 5.74) is 8.90. The molecule has 0 radical (unpaired) electrons. The molecule has 1 spiro atoms. The van der Waals surface area contributed by atoms with Gasteiger partial charge < -0.3 is 16.0 Å². The molecule has 2 aliphatic rings. The fourth-order valence-electron chi connectivity index (χ4n) is 4.15. The van der Waals surface area contributed by atoms with Gasteiger partial charge in [-0.1, -0.05) is 36.8 Å². The third-order valence-corrected chi connectivity index (χ3v) is 9.24. The Hall–Kier alpha value is -1.75. The molecule has 3 rings (SSSR count). The standard InChI is InChI=1S/C22H32N4O4S2/c23-17(13-16-7-3-1-4-8-16)21(29)26-15-22(31-11-12-32-22)14-18(26)20(28)24-10-6-2-5-9-19(27)25-30/h1,3-4,7-8,17-18,30H,2,5-6,9-15,23H2,(H,24,28)(H,25,27)/t17-,18-/m0/s1. The first-order valence-corrected chi connectivity index (χ1v) is 13.0. The minimum absolute atomic E-state index is 0.123. The van der Waals surface area contributed by atoms with Gasteiger partial charge in [-0.25, -0.2) is 5.48 Å². The number of hydroxylamine groups is 1. The Labute approximate surface area is 197 Å². The van der Waals surface area contributed by atoms with Gasteiger partial charge in [0.25, 0.3) is 0 Å². The molecular weight excluding hydrogens is 448 g/mol. The predicted molar refractivity (Wildman–Crippen MR) is 127 cm³/mol. The molecule has 32 heavy (non-hydrogen) atoms. The molecule has 2 heterocycles. The largest absolute Gasteiger partial charge is 0.354 e. The summed E-state index contributed by atoms with van der Waals surface area (Å²) in [7, 11) is 0. The Morgan fingerprint density at radius 2 is 1.88 bits per heavy atom. The quantitative estimate of drug-likeness (QED) is 0.227. The van der Waals surface area contributed by atoms with Crippen molar-refractivity contribution < 1.29 is 19.6 Å². The van der Waals surface area contributed by atoms with E-state index in [-0.39, 0.29) is 22.3 Å². The molecule has 5 N–H and O–H groups in total. The van der Waals surface area contributed by atoms with Crippen LogP contribution in [-0.4, -0.2) is 68.6 Å². The fraction of sp³-hybridized carbons (Fsp3) is 0.591. The van der Waals surface area contributed by atoms with E-state index in [2.05, 4.69) is 5.32 Å². The van der Waals surface area contributed by atoms with Crippen LogP contribution in [0, 0.1) is 0 Å². The number of carbonyl (C=O) groups excluding carboxylic acids is 3. The zero-order valence-electron chi connectivity index (χ0n) is 18.1. The molecule has 0 unspecified atom stereocenters. The van der Waals surface area contributed by atoms with E-state index in [9.17, 15) is 14.4 Å². The van der Waals surface area contributed by atoms with Crippen LogP contribution >= 0.6 is 23.5 Å². The van der Waals surface area contributed by atoms with Gasteiger partial charge in [-0.2, -0.15) is 0 Å². The van der Waals surface area contributed by atoms with E-state index in [1.165, 1.54) is 0 Å². The molecule has 1 aromatic rings. The first-order chi connectivity index (χ1) is 15.4. The van der Waals surface area contributed by atoms with Crippen molar-refractivity contribution in [1.29, 1.82) is 0 Å². The SMILES string of the molecule is N[C@@H](Cc1ccccc1)C(=O)N1CC2(C[C@H]1C(=O)NCCCCCC(=O)NO)SCCS2. The van der Waals surface area contributed by atoms with Crippen molar-refractivity contribution in [3.05, 3.63) is 35.9 Å². The first kappa shape index (κ1) is 24.9. The van der Waals surface area contributed by atoms with Gasteiger partial charge in [-0.05, 0) is 24.8 Å². The molecule has 3 amide bonds. The molecule has 2 fully saturated rings. The van der Waals surface area contributed by atoms with Crippen molar-refractivity contribution in [2.75, 3.05) is 24.6 Å². The molecule has 10 heteroatoms. The van der Waals surface area contributed by atoms with Gasteiger partial charge in [-0.15, -0.1) is 23.5 Å². The summed E-state index contributed by atoms with van der Waals surface area (Å²) in [6, 6.07) is 8.49. The predicted octanol–water partition coefficient (Wildman–Crippen LogP) is 1.52. The summed E-state index contributed by atoms with van der Waals surface area (Å²) in [6.07, 6.45) is 3.46. The Balaban J connectivity index is 1.56. The van der Waals surface area contributed by atoms with Crippen molar-refractivity contribution in [3.63, 3.8) is 0 Å². The Bertz CT molecular complexity index is 789. The lowest BCUT2D eigenvalue weighted by Gasteiger charge is -2.27. The number of likely N-dealkylation sites (tertiary alicyclic amines) is 1. The number of thioether (sulfide) groups is 2. The minimum atomic E-state index is -0.683. The third-order valence-electron chi connectivity index (χ3n) is 5.81. The summed E-state index contributed by atoms with van der Waals surface area (Å²) in [6.45, 7) is 1.03. The number of rotatable bonds is 10. The maximum Gasteiger partial charge on any atom is 0.243 e. The zero-order valence-corrected chi connectivity index (χ0v) is 19.8. The first-order valence-electron chi connectivity index (χ1n) is 11.0. The number of nitrogens with two attached hydrogens (primary N) is 1. The van der Waals surface area contributed by atoms with Crippen LogP contribution in [0.1, 0.15) is 37.7 Å². The summed E-state index contributed by atoms with van der Waals surface area (Å²) in [5, 5.41) is 11.5. The average Bonchev–Trinajstić information content (AvgIpc) is 3.42. The van der Waals surface area contributed by atoms with Crippen molar-refractivity contribution in [2.45, 2.75) is 54.7 Å². The summed E-state index contributed by atoms with van der Waals surface area (Å²) in [5.74, 6) is 1.34. The molecule has 0 bridgehead atoms. The highest BCUT2D eigenvalue weighted by Crippen LogP contribution is 2.51. The van der Waals surface area contributed by atoms with Crippen LogP contribution in [-0.2, 0) is 20.8 Å². The normalized spacial score (nSPS) is 20.3. The molecule has 0 aromatic heterocycles. The molecule has 2 atom stereocenters. The van der Waals surface area contributed by atoms with E-state index in [0.29, 0.717) is 32.4 Å². The smallest absolute Gasteiger partial charge is 0.243 e. The average molecular weight is 481 g/mol. The second-order valence-corrected chi connectivity index (χ2v) is 11.4. The molecule has 2 saturated heterocycles. The molecule has 8 nitrogen and oxygen atoms in total. The number of unbranched alkanes of at least 4 members (excludes halogenated alkanes) is 2. The number of hydrogen-bond donors (Lipinski definition) is 4. The third kappa shape index (κ3) is 6.63. The number of amides is 3. The highest BCUT2D eigenvalue weighted by molar-refractivity contribution is 8.21. The number of benzene rings is 1. The van der Waals surface area contributed by atoms with Crippen LogP contribution in [0.15, 0.2) is 30.3 Å².